The van der Waals surface area contributed by atoms with Gasteiger partial charge in [-0.25, -0.2) is 13.2 Å². The molecule has 6 heteroatoms. The fourth-order valence-electron chi connectivity index (χ4n) is 3.47. The van der Waals surface area contributed by atoms with Gasteiger partial charge < -0.3 is 5.11 Å². The van der Waals surface area contributed by atoms with E-state index >= 15 is 0 Å². The molecule has 26 heavy (non-hydrogen) atoms. The van der Waals surface area contributed by atoms with E-state index in [4.69, 9.17) is 0 Å². The summed E-state index contributed by atoms with van der Waals surface area (Å²) in [5.41, 5.74) is 1.36. The maximum absolute atomic E-state index is 13.9. The minimum Gasteiger partial charge on any atom is -0.396 e. The Labute approximate surface area is 151 Å². The molecule has 1 fully saturated rings. The van der Waals surface area contributed by atoms with E-state index in [-0.39, 0.29) is 18.5 Å². The number of hydrogen-bond donors (Lipinski definition) is 1. The van der Waals surface area contributed by atoms with Crippen molar-refractivity contribution >= 4 is 0 Å². The molecule has 3 nitrogen and oxygen atoms in total. The smallest absolute Gasteiger partial charge is 0.163 e. The number of rotatable bonds is 6. The first-order valence-electron chi connectivity index (χ1n) is 8.81. The van der Waals surface area contributed by atoms with Crippen LogP contribution in [-0.4, -0.2) is 47.2 Å². The van der Waals surface area contributed by atoms with Crippen LogP contribution in [0.1, 0.15) is 17.5 Å². The van der Waals surface area contributed by atoms with Crippen molar-refractivity contribution in [2.45, 2.75) is 25.6 Å². The van der Waals surface area contributed by atoms with E-state index in [0.29, 0.717) is 31.6 Å². The summed E-state index contributed by atoms with van der Waals surface area (Å²) in [4.78, 5) is 4.33. The van der Waals surface area contributed by atoms with Gasteiger partial charge in [-0.15, -0.1) is 0 Å². The third kappa shape index (κ3) is 4.63. The lowest BCUT2D eigenvalue weighted by atomic mass is 10.1. The van der Waals surface area contributed by atoms with Crippen molar-refractivity contribution in [1.29, 1.82) is 0 Å². The van der Waals surface area contributed by atoms with Crippen LogP contribution in [0.2, 0.25) is 0 Å². The summed E-state index contributed by atoms with van der Waals surface area (Å²) in [6.07, 6.45) is 0.601. The summed E-state index contributed by atoms with van der Waals surface area (Å²) in [7, 11) is 0. The average Bonchev–Trinajstić information content (AvgIpc) is 2.63. The van der Waals surface area contributed by atoms with E-state index in [2.05, 4.69) is 9.80 Å². The Morgan fingerprint density at radius 3 is 2.46 bits per heavy atom. The number of piperazine rings is 1. The van der Waals surface area contributed by atoms with Gasteiger partial charge in [0.1, 0.15) is 5.82 Å². The summed E-state index contributed by atoms with van der Waals surface area (Å²) in [5.74, 6) is -1.88. The summed E-state index contributed by atoms with van der Waals surface area (Å²) in [6.45, 7) is 3.21. The average molecular weight is 364 g/mol. The molecule has 1 aliphatic rings. The maximum Gasteiger partial charge on any atom is 0.163 e. The number of nitrogens with zero attached hydrogens (tertiary/aromatic N) is 2. The minimum absolute atomic E-state index is 0.0623. The first-order valence-corrected chi connectivity index (χ1v) is 8.81. The maximum atomic E-state index is 13.9. The molecule has 0 radical (unpaired) electrons. The second kappa shape index (κ2) is 8.66. The van der Waals surface area contributed by atoms with Crippen LogP contribution in [0.15, 0.2) is 42.5 Å². The lowest BCUT2D eigenvalue weighted by molar-refractivity contribution is 0.0494. The predicted molar refractivity (Wildman–Crippen MR) is 93.9 cm³/mol. The highest BCUT2D eigenvalue weighted by molar-refractivity contribution is 5.19. The minimum atomic E-state index is -0.829. The topological polar surface area (TPSA) is 26.7 Å². The van der Waals surface area contributed by atoms with Crippen molar-refractivity contribution < 1.29 is 18.3 Å². The van der Waals surface area contributed by atoms with Gasteiger partial charge in [0.05, 0.1) is 0 Å². The van der Waals surface area contributed by atoms with Gasteiger partial charge in [0.15, 0.2) is 11.6 Å². The van der Waals surface area contributed by atoms with E-state index in [1.165, 1.54) is 18.2 Å². The third-order valence-electron chi connectivity index (χ3n) is 4.88. The SMILES string of the molecule is OCC[C@H]1CN(Cc2cccc(F)c2F)CCN1Cc1ccc(F)cc1. The van der Waals surface area contributed by atoms with E-state index in [1.54, 1.807) is 18.2 Å². The normalized spacial score (nSPS) is 19.0. The van der Waals surface area contributed by atoms with Crippen LogP contribution in [0, 0.1) is 17.5 Å². The molecule has 2 aromatic carbocycles. The summed E-state index contributed by atoms with van der Waals surface area (Å²) in [5, 5.41) is 9.39. The number of aliphatic hydroxyl groups is 1. The van der Waals surface area contributed by atoms with Crippen LogP contribution >= 0.6 is 0 Å². The van der Waals surface area contributed by atoms with Gasteiger partial charge in [-0.1, -0.05) is 24.3 Å². The van der Waals surface area contributed by atoms with E-state index in [0.717, 1.165) is 24.7 Å². The van der Waals surface area contributed by atoms with Crippen molar-refractivity contribution in [1.82, 2.24) is 9.80 Å². The van der Waals surface area contributed by atoms with Crippen molar-refractivity contribution in [2.24, 2.45) is 0 Å². The molecular formula is C20H23F3N2O. The van der Waals surface area contributed by atoms with Gasteiger partial charge in [0.25, 0.3) is 0 Å². The molecule has 1 saturated heterocycles. The van der Waals surface area contributed by atoms with Crippen molar-refractivity contribution in [3.8, 4) is 0 Å². The second-order valence-electron chi connectivity index (χ2n) is 6.71. The summed E-state index contributed by atoms with van der Waals surface area (Å²) >= 11 is 0. The van der Waals surface area contributed by atoms with Gasteiger partial charge in [-0.05, 0) is 30.2 Å². The van der Waals surface area contributed by atoms with Gasteiger partial charge in [0.2, 0.25) is 0 Å². The second-order valence-corrected chi connectivity index (χ2v) is 6.71. The molecule has 0 saturated carbocycles. The molecule has 3 rings (SSSR count). The highest BCUT2D eigenvalue weighted by atomic mass is 19.2. The zero-order valence-corrected chi connectivity index (χ0v) is 14.5. The van der Waals surface area contributed by atoms with Crippen LogP contribution in [0.5, 0.6) is 0 Å². The fraction of sp³-hybridized carbons (Fsp3) is 0.400. The number of hydrogen-bond acceptors (Lipinski definition) is 3. The molecule has 1 N–H and O–H groups in total. The van der Waals surface area contributed by atoms with Crippen LogP contribution in [0.3, 0.4) is 0 Å². The highest BCUT2D eigenvalue weighted by Crippen LogP contribution is 2.20. The molecule has 1 heterocycles. The number of halogens is 3. The molecule has 2 aromatic rings. The standard InChI is InChI=1S/C20H23F3N2O/c21-17-6-4-15(5-7-17)12-25-10-9-24(14-18(25)8-11-26)13-16-2-1-3-19(22)20(16)23/h1-7,18,26H,8-14H2/t18-/m0/s1. The molecule has 0 aromatic heterocycles. The zero-order chi connectivity index (χ0) is 18.5. The van der Waals surface area contributed by atoms with Crippen molar-refractivity contribution in [3.63, 3.8) is 0 Å². The zero-order valence-electron chi connectivity index (χ0n) is 14.5. The van der Waals surface area contributed by atoms with Gasteiger partial charge in [-0.3, -0.25) is 9.80 Å². The van der Waals surface area contributed by atoms with Crippen LogP contribution in [0.4, 0.5) is 13.2 Å². The molecule has 140 valence electrons. The monoisotopic (exact) mass is 364 g/mol. The van der Waals surface area contributed by atoms with Gasteiger partial charge in [0, 0.05) is 50.9 Å². The fourth-order valence-corrected chi connectivity index (χ4v) is 3.47. The largest absolute Gasteiger partial charge is 0.396 e. The lowest BCUT2D eigenvalue weighted by Gasteiger charge is -2.41. The summed E-state index contributed by atoms with van der Waals surface area (Å²) < 4.78 is 40.4. The summed E-state index contributed by atoms with van der Waals surface area (Å²) in [6, 6.07) is 10.8. The Morgan fingerprint density at radius 2 is 1.73 bits per heavy atom. The van der Waals surface area contributed by atoms with E-state index in [1.807, 2.05) is 0 Å². The molecule has 1 aliphatic heterocycles. The lowest BCUT2D eigenvalue weighted by Crippen LogP contribution is -2.52. The molecule has 0 amide bonds. The molecule has 0 unspecified atom stereocenters. The van der Waals surface area contributed by atoms with Crippen LogP contribution < -0.4 is 0 Å². The van der Waals surface area contributed by atoms with Crippen molar-refractivity contribution in [2.75, 3.05) is 26.2 Å². The highest BCUT2D eigenvalue weighted by Gasteiger charge is 2.27. The first kappa shape index (κ1) is 18.9. The molecule has 0 aliphatic carbocycles. The molecule has 0 spiro atoms. The number of aliphatic hydroxyl groups excluding tert-OH is 1. The van der Waals surface area contributed by atoms with Crippen LogP contribution in [-0.2, 0) is 13.1 Å². The Hall–Kier alpha value is -1.89. The number of benzene rings is 2. The quantitative estimate of drug-likeness (QED) is 0.853. The Morgan fingerprint density at radius 1 is 0.962 bits per heavy atom. The van der Waals surface area contributed by atoms with E-state index in [9.17, 15) is 18.3 Å². The van der Waals surface area contributed by atoms with Gasteiger partial charge >= 0.3 is 0 Å². The van der Waals surface area contributed by atoms with E-state index < -0.39 is 11.6 Å². The molecular weight excluding hydrogens is 341 g/mol. The van der Waals surface area contributed by atoms with Crippen molar-refractivity contribution in [3.05, 3.63) is 71.0 Å². The Balaban J connectivity index is 1.65. The van der Waals surface area contributed by atoms with Crippen LogP contribution in [0.25, 0.3) is 0 Å². The molecule has 1 atom stereocenters. The first-order chi connectivity index (χ1) is 12.6. The molecule has 0 bridgehead atoms. The Kier molecular flexibility index (Phi) is 6.29. The van der Waals surface area contributed by atoms with Gasteiger partial charge in [-0.2, -0.15) is 0 Å². The Bertz CT molecular complexity index is 723. The third-order valence-corrected chi connectivity index (χ3v) is 4.88. The predicted octanol–water partition coefficient (Wildman–Crippen LogP) is 3.17.